The molecule has 1 aliphatic rings. The van der Waals surface area contributed by atoms with Gasteiger partial charge in [0.1, 0.15) is 29.0 Å². The molecule has 1 heterocycles. The fourth-order valence-corrected chi connectivity index (χ4v) is 4.02. The van der Waals surface area contributed by atoms with Crippen LogP contribution in [-0.2, 0) is 4.79 Å². The highest BCUT2D eigenvalue weighted by molar-refractivity contribution is 9.10. The zero-order chi connectivity index (χ0) is 19.9. The standard InChI is InChI=1S/C21H18BrNO3S2/c1-2-10-23-20(24)19(28-21(23)27)14-15-4-3-5-18(13-15)26-12-11-25-17-8-6-16(22)7-9-17/h2-9,13-14H,1,10-12H2. The molecule has 144 valence electrons. The van der Waals surface area contributed by atoms with E-state index in [1.165, 1.54) is 11.8 Å². The van der Waals surface area contributed by atoms with E-state index in [9.17, 15) is 4.79 Å². The summed E-state index contributed by atoms with van der Waals surface area (Å²) in [5.74, 6) is 1.42. The van der Waals surface area contributed by atoms with Gasteiger partial charge in [0.25, 0.3) is 5.91 Å². The van der Waals surface area contributed by atoms with E-state index in [0.717, 1.165) is 21.5 Å². The first-order chi connectivity index (χ1) is 13.6. The molecule has 1 aliphatic heterocycles. The van der Waals surface area contributed by atoms with E-state index >= 15 is 0 Å². The van der Waals surface area contributed by atoms with E-state index in [0.29, 0.717) is 29.0 Å². The van der Waals surface area contributed by atoms with Crippen molar-refractivity contribution in [3.05, 3.63) is 76.1 Å². The molecule has 0 spiro atoms. The van der Waals surface area contributed by atoms with E-state index in [2.05, 4.69) is 22.5 Å². The van der Waals surface area contributed by atoms with E-state index in [-0.39, 0.29) is 5.91 Å². The first-order valence-corrected chi connectivity index (χ1v) is 10.6. The number of thiocarbonyl (C=S) groups is 1. The van der Waals surface area contributed by atoms with Crippen LogP contribution in [0.4, 0.5) is 0 Å². The summed E-state index contributed by atoms with van der Waals surface area (Å²) in [6.07, 6.45) is 3.49. The second-order valence-corrected chi connectivity index (χ2v) is 8.40. The quantitative estimate of drug-likeness (QED) is 0.224. The normalized spacial score (nSPS) is 15.2. The summed E-state index contributed by atoms with van der Waals surface area (Å²) in [6, 6.07) is 15.2. The van der Waals surface area contributed by atoms with Crippen LogP contribution < -0.4 is 9.47 Å². The SMILES string of the molecule is C=CCN1C(=O)C(=Cc2cccc(OCCOc3ccc(Br)cc3)c2)SC1=S. The Morgan fingerprint density at radius 3 is 2.54 bits per heavy atom. The molecule has 0 saturated carbocycles. The Hall–Kier alpha value is -2.09. The van der Waals surface area contributed by atoms with Gasteiger partial charge in [0.15, 0.2) is 0 Å². The van der Waals surface area contributed by atoms with Crippen LogP contribution in [0.2, 0.25) is 0 Å². The van der Waals surface area contributed by atoms with E-state index in [1.54, 1.807) is 11.0 Å². The van der Waals surface area contributed by atoms with Gasteiger partial charge in [-0.25, -0.2) is 0 Å². The minimum atomic E-state index is -0.0934. The molecule has 7 heteroatoms. The van der Waals surface area contributed by atoms with Crippen molar-refractivity contribution in [2.24, 2.45) is 0 Å². The Balaban J connectivity index is 1.56. The lowest BCUT2D eigenvalue weighted by molar-refractivity contribution is -0.121. The molecule has 0 atom stereocenters. The fourth-order valence-electron chi connectivity index (χ4n) is 2.48. The number of ether oxygens (including phenoxy) is 2. The third-order valence-electron chi connectivity index (χ3n) is 3.78. The van der Waals surface area contributed by atoms with Crippen LogP contribution in [0.1, 0.15) is 5.56 Å². The second kappa shape index (κ2) is 9.91. The van der Waals surface area contributed by atoms with Crippen molar-refractivity contribution in [3.8, 4) is 11.5 Å². The van der Waals surface area contributed by atoms with E-state index in [1.807, 2.05) is 54.6 Å². The van der Waals surface area contributed by atoms with Crippen LogP contribution in [0.5, 0.6) is 11.5 Å². The molecule has 1 saturated heterocycles. The van der Waals surface area contributed by atoms with Gasteiger partial charge in [-0.2, -0.15) is 0 Å². The van der Waals surface area contributed by atoms with Gasteiger partial charge in [-0.15, -0.1) is 6.58 Å². The zero-order valence-corrected chi connectivity index (χ0v) is 18.2. The lowest BCUT2D eigenvalue weighted by atomic mass is 10.2. The van der Waals surface area contributed by atoms with Crippen LogP contribution in [-0.4, -0.2) is 34.9 Å². The van der Waals surface area contributed by atoms with E-state index < -0.39 is 0 Å². The van der Waals surface area contributed by atoms with Crippen molar-refractivity contribution in [1.82, 2.24) is 4.90 Å². The molecule has 0 bridgehead atoms. The monoisotopic (exact) mass is 475 g/mol. The maximum Gasteiger partial charge on any atom is 0.266 e. The van der Waals surface area contributed by atoms with Crippen LogP contribution >= 0.6 is 39.9 Å². The number of nitrogens with zero attached hydrogens (tertiary/aromatic N) is 1. The van der Waals surface area contributed by atoms with Gasteiger partial charge < -0.3 is 9.47 Å². The third kappa shape index (κ3) is 5.47. The topological polar surface area (TPSA) is 38.8 Å². The van der Waals surface area contributed by atoms with Gasteiger partial charge in [-0.3, -0.25) is 9.69 Å². The largest absolute Gasteiger partial charge is 0.490 e. The summed E-state index contributed by atoms with van der Waals surface area (Å²) < 4.78 is 13.0. The van der Waals surface area contributed by atoms with Crippen molar-refractivity contribution in [2.45, 2.75) is 0 Å². The summed E-state index contributed by atoms with van der Waals surface area (Å²) in [5, 5.41) is 0. The molecule has 3 rings (SSSR count). The molecule has 2 aromatic carbocycles. The average molecular weight is 476 g/mol. The minimum Gasteiger partial charge on any atom is -0.490 e. The van der Waals surface area contributed by atoms with Crippen molar-refractivity contribution in [3.63, 3.8) is 0 Å². The Labute approximate surface area is 182 Å². The molecule has 0 aromatic heterocycles. The molecular formula is C21H18BrNO3S2. The minimum absolute atomic E-state index is 0.0934. The highest BCUT2D eigenvalue weighted by atomic mass is 79.9. The number of rotatable bonds is 8. The van der Waals surface area contributed by atoms with Crippen molar-refractivity contribution < 1.29 is 14.3 Å². The molecular weight excluding hydrogens is 458 g/mol. The fraction of sp³-hybridized carbons (Fsp3) is 0.143. The number of halogens is 1. The summed E-state index contributed by atoms with van der Waals surface area (Å²) in [4.78, 5) is 14.6. The Kier molecular flexibility index (Phi) is 7.30. The van der Waals surface area contributed by atoms with Crippen LogP contribution in [0, 0.1) is 0 Å². The number of benzene rings is 2. The maximum atomic E-state index is 12.4. The van der Waals surface area contributed by atoms with Gasteiger partial charge >= 0.3 is 0 Å². The number of hydrogen-bond donors (Lipinski definition) is 0. The molecule has 2 aromatic rings. The number of carbonyl (C=O) groups excluding carboxylic acids is 1. The Morgan fingerprint density at radius 1 is 1.11 bits per heavy atom. The summed E-state index contributed by atoms with van der Waals surface area (Å²) in [5.41, 5.74) is 0.880. The van der Waals surface area contributed by atoms with E-state index in [4.69, 9.17) is 21.7 Å². The van der Waals surface area contributed by atoms with Gasteiger partial charge in [0.2, 0.25) is 0 Å². The number of amides is 1. The van der Waals surface area contributed by atoms with Crippen molar-refractivity contribution in [2.75, 3.05) is 19.8 Å². The highest BCUT2D eigenvalue weighted by Gasteiger charge is 2.30. The van der Waals surface area contributed by atoms with Crippen LogP contribution in [0.15, 0.2) is 70.6 Å². The maximum absolute atomic E-state index is 12.4. The van der Waals surface area contributed by atoms with Gasteiger partial charge in [-0.05, 0) is 48.0 Å². The molecule has 1 fully saturated rings. The number of hydrogen-bond acceptors (Lipinski definition) is 5. The smallest absolute Gasteiger partial charge is 0.266 e. The Bertz CT molecular complexity index is 912. The molecule has 0 aliphatic carbocycles. The molecule has 0 unspecified atom stereocenters. The molecule has 0 N–H and O–H groups in total. The van der Waals surface area contributed by atoms with Crippen molar-refractivity contribution in [1.29, 1.82) is 0 Å². The molecule has 28 heavy (non-hydrogen) atoms. The lowest BCUT2D eigenvalue weighted by Gasteiger charge is -2.10. The number of carbonyl (C=O) groups is 1. The third-order valence-corrected chi connectivity index (χ3v) is 5.68. The van der Waals surface area contributed by atoms with Gasteiger partial charge in [0.05, 0.1) is 4.91 Å². The first kappa shape index (κ1) is 20.6. The predicted octanol–water partition coefficient (Wildman–Crippen LogP) is 5.29. The molecule has 1 amide bonds. The zero-order valence-electron chi connectivity index (χ0n) is 15.0. The summed E-state index contributed by atoms with van der Waals surface area (Å²) >= 11 is 9.95. The van der Waals surface area contributed by atoms with Gasteiger partial charge in [0, 0.05) is 11.0 Å². The summed E-state index contributed by atoms with van der Waals surface area (Å²) in [6.45, 7) is 4.94. The average Bonchev–Trinajstić information content (AvgIpc) is 2.95. The number of thioether (sulfide) groups is 1. The summed E-state index contributed by atoms with van der Waals surface area (Å²) in [7, 11) is 0. The first-order valence-electron chi connectivity index (χ1n) is 8.54. The van der Waals surface area contributed by atoms with Gasteiger partial charge in [-0.1, -0.05) is 58.1 Å². The molecule has 4 nitrogen and oxygen atoms in total. The highest BCUT2D eigenvalue weighted by Crippen LogP contribution is 2.32. The van der Waals surface area contributed by atoms with Crippen LogP contribution in [0.25, 0.3) is 6.08 Å². The lowest BCUT2D eigenvalue weighted by Crippen LogP contribution is -2.27. The Morgan fingerprint density at radius 2 is 1.82 bits per heavy atom. The van der Waals surface area contributed by atoms with Crippen LogP contribution in [0.3, 0.4) is 0 Å². The predicted molar refractivity (Wildman–Crippen MR) is 122 cm³/mol. The second-order valence-electron chi connectivity index (χ2n) is 5.80. The molecule has 0 radical (unpaired) electrons. The van der Waals surface area contributed by atoms with Crippen molar-refractivity contribution >= 4 is 56.2 Å².